The Morgan fingerprint density at radius 2 is 1.96 bits per heavy atom. The van der Waals surface area contributed by atoms with Crippen molar-refractivity contribution in [2.45, 2.75) is 6.54 Å². The summed E-state index contributed by atoms with van der Waals surface area (Å²) >= 11 is 5.89. The Bertz CT molecular complexity index is 803. The van der Waals surface area contributed by atoms with E-state index in [0.717, 1.165) is 0 Å². The normalized spacial score (nSPS) is 10.5. The fraction of sp³-hybridized carbons (Fsp3) is 0.125. The van der Waals surface area contributed by atoms with Crippen LogP contribution in [-0.4, -0.2) is 32.0 Å². The summed E-state index contributed by atoms with van der Waals surface area (Å²) in [5.41, 5.74) is 0.537. The zero-order chi connectivity index (χ0) is 16.1. The Morgan fingerprint density at radius 1 is 1.13 bits per heavy atom. The Morgan fingerprint density at radius 3 is 2.74 bits per heavy atom. The number of carbonyl (C=O) groups is 1. The number of aromatic nitrogens is 4. The van der Waals surface area contributed by atoms with Crippen LogP contribution in [0, 0.1) is 0 Å². The molecule has 2 aromatic heterocycles. The van der Waals surface area contributed by atoms with Gasteiger partial charge in [-0.1, -0.05) is 17.7 Å². The lowest BCUT2D eigenvalue weighted by Gasteiger charge is -2.08. The van der Waals surface area contributed by atoms with E-state index >= 15 is 0 Å². The summed E-state index contributed by atoms with van der Waals surface area (Å²) < 4.78 is 1.90. The van der Waals surface area contributed by atoms with Crippen molar-refractivity contribution in [2.24, 2.45) is 0 Å². The van der Waals surface area contributed by atoms with Crippen molar-refractivity contribution in [2.75, 3.05) is 6.54 Å². The highest BCUT2D eigenvalue weighted by Crippen LogP contribution is 2.12. The first-order valence-corrected chi connectivity index (χ1v) is 7.44. The molecule has 6 nitrogen and oxygen atoms in total. The van der Waals surface area contributed by atoms with Crippen molar-refractivity contribution in [3.05, 3.63) is 65.7 Å². The molecule has 0 radical (unpaired) electrons. The summed E-state index contributed by atoms with van der Waals surface area (Å²) in [4.78, 5) is 24.7. The number of benzene rings is 1. The highest BCUT2D eigenvalue weighted by atomic mass is 35.5. The van der Waals surface area contributed by atoms with E-state index in [-0.39, 0.29) is 5.91 Å². The van der Waals surface area contributed by atoms with Gasteiger partial charge in [-0.2, -0.15) is 0 Å². The first-order valence-electron chi connectivity index (χ1n) is 7.06. The quantitative estimate of drug-likeness (QED) is 0.781. The minimum absolute atomic E-state index is 0.162. The maximum Gasteiger partial charge on any atom is 0.251 e. The molecule has 0 aliphatic carbocycles. The van der Waals surface area contributed by atoms with Crippen molar-refractivity contribution < 1.29 is 4.79 Å². The van der Waals surface area contributed by atoms with E-state index in [9.17, 15) is 4.79 Å². The number of hydrogen-bond acceptors (Lipinski definition) is 4. The third-order valence-corrected chi connectivity index (χ3v) is 3.44. The Balaban J connectivity index is 1.62. The van der Waals surface area contributed by atoms with Gasteiger partial charge >= 0.3 is 0 Å². The SMILES string of the molecule is O=C(NCCn1ccnc1-c1ncccn1)c1cccc(Cl)c1. The number of imidazole rings is 1. The molecule has 0 unspecified atom stereocenters. The molecule has 1 N–H and O–H groups in total. The number of halogens is 1. The number of nitrogens with one attached hydrogen (secondary N) is 1. The Kier molecular flexibility index (Phi) is 4.63. The molecule has 0 atom stereocenters. The van der Waals surface area contributed by atoms with Crippen LogP contribution in [0.3, 0.4) is 0 Å². The summed E-state index contributed by atoms with van der Waals surface area (Å²) in [6, 6.07) is 8.59. The number of carbonyl (C=O) groups excluding carboxylic acids is 1. The largest absolute Gasteiger partial charge is 0.350 e. The van der Waals surface area contributed by atoms with Gasteiger partial charge in [0.1, 0.15) is 0 Å². The van der Waals surface area contributed by atoms with Crippen LogP contribution in [0.25, 0.3) is 11.6 Å². The van der Waals surface area contributed by atoms with Gasteiger partial charge in [-0.05, 0) is 24.3 Å². The van der Waals surface area contributed by atoms with E-state index in [1.807, 2.05) is 10.8 Å². The lowest BCUT2D eigenvalue weighted by Crippen LogP contribution is -2.27. The van der Waals surface area contributed by atoms with Gasteiger partial charge in [-0.25, -0.2) is 15.0 Å². The van der Waals surface area contributed by atoms with Crippen molar-refractivity contribution in [3.63, 3.8) is 0 Å². The number of nitrogens with zero attached hydrogens (tertiary/aromatic N) is 4. The molecule has 3 aromatic rings. The second-order valence-corrected chi connectivity index (χ2v) is 5.22. The molecule has 0 aliphatic rings. The first kappa shape index (κ1) is 15.2. The molecule has 0 spiro atoms. The van der Waals surface area contributed by atoms with E-state index < -0.39 is 0 Å². The van der Waals surface area contributed by atoms with Crippen LogP contribution in [-0.2, 0) is 6.54 Å². The average molecular weight is 328 g/mol. The summed E-state index contributed by atoms with van der Waals surface area (Å²) in [6.45, 7) is 1.03. The number of hydrogen-bond donors (Lipinski definition) is 1. The van der Waals surface area contributed by atoms with E-state index in [1.54, 1.807) is 48.9 Å². The second kappa shape index (κ2) is 7.02. The summed E-state index contributed by atoms with van der Waals surface area (Å²) in [7, 11) is 0. The van der Waals surface area contributed by atoms with Gasteiger partial charge in [0.2, 0.25) is 0 Å². The first-order chi connectivity index (χ1) is 11.2. The van der Waals surface area contributed by atoms with E-state index in [1.165, 1.54) is 0 Å². The zero-order valence-electron chi connectivity index (χ0n) is 12.2. The van der Waals surface area contributed by atoms with Crippen LogP contribution in [0.15, 0.2) is 55.1 Å². The lowest BCUT2D eigenvalue weighted by atomic mass is 10.2. The van der Waals surface area contributed by atoms with Gasteiger partial charge in [0, 0.05) is 48.5 Å². The van der Waals surface area contributed by atoms with Gasteiger partial charge in [0.05, 0.1) is 0 Å². The third kappa shape index (κ3) is 3.73. The summed E-state index contributed by atoms with van der Waals surface area (Å²) in [5.74, 6) is 1.06. The monoisotopic (exact) mass is 327 g/mol. The Hall–Kier alpha value is -2.73. The molecule has 2 heterocycles. The molecular formula is C16H14ClN5O. The van der Waals surface area contributed by atoms with Gasteiger partial charge in [-0.15, -0.1) is 0 Å². The second-order valence-electron chi connectivity index (χ2n) is 4.78. The predicted octanol–water partition coefficient (Wildman–Crippen LogP) is 2.42. The molecule has 116 valence electrons. The van der Waals surface area contributed by atoms with Gasteiger partial charge in [-0.3, -0.25) is 4.79 Å². The van der Waals surface area contributed by atoms with E-state index in [2.05, 4.69) is 20.3 Å². The number of amides is 1. The molecule has 7 heteroatoms. The van der Waals surface area contributed by atoms with Gasteiger partial charge in [0.15, 0.2) is 11.6 Å². The molecular weight excluding hydrogens is 314 g/mol. The minimum atomic E-state index is -0.162. The van der Waals surface area contributed by atoms with E-state index in [0.29, 0.717) is 35.3 Å². The van der Waals surface area contributed by atoms with E-state index in [4.69, 9.17) is 11.6 Å². The van der Waals surface area contributed by atoms with Crippen LogP contribution in [0.2, 0.25) is 5.02 Å². The highest BCUT2D eigenvalue weighted by Gasteiger charge is 2.09. The third-order valence-electron chi connectivity index (χ3n) is 3.21. The molecule has 0 aliphatic heterocycles. The summed E-state index contributed by atoms with van der Waals surface area (Å²) in [5, 5.41) is 3.39. The molecule has 0 saturated heterocycles. The van der Waals surface area contributed by atoms with Crippen LogP contribution in [0.5, 0.6) is 0 Å². The Labute approximate surface area is 138 Å². The van der Waals surface area contributed by atoms with Gasteiger partial charge < -0.3 is 9.88 Å². The molecule has 0 saturated carbocycles. The lowest BCUT2D eigenvalue weighted by molar-refractivity contribution is 0.0952. The average Bonchev–Trinajstić information content (AvgIpc) is 3.04. The van der Waals surface area contributed by atoms with Crippen LogP contribution in [0.1, 0.15) is 10.4 Å². The van der Waals surface area contributed by atoms with Crippen LogP contribution in [0.4, 0.5) is 0 Å². The number of rotatable bonds is 5. The standard InChI is InChI=1S/C16H14ClN5O/c17-13-4-1-3-12(11-13)16(23)21-8-10-22-9-7-20-15(22)14-18-5-2-6-19-14/h1-7,9,11H,8,10H2,(H,21,23). The predicted molar refractivity (Wildman–Crippen MR) is 87.0 cm³/mol. The maximum atomic E-state index is 12.1. The smallest absolute Gasteiger partial charge is 0.251 e. The highest BCUT2D eigenvalue weighted by molar-refractivity contribution is 6.30. The van der Waals surface area contributed by atoms with Crippen molar-refractivity contribution in [1.29, 1.82) is 0 Å². The molecule has 1 amide bonds. The molecule has 3 rings (SSSR count). The molecule has 0 fully saturated rings. The molecule has 1 aromatic carbocycles. The van der Waals surface area contributed by atoms with Crippen molar-refractivity contribution in [3.8, 4) is 11.6 Å². The molecule has 23 heavy (non-hydrogen) atoms. The van der Waals surface area contributed by atoms with Crippen molar-refractivity contribution in [1.82, 2.24) is 24.8 Å². The van der Waals surface area contributed by atoms with Crippen molar-refractivity contribution >= 4 is 17.5 Å². The fourth-order valence-corrected chi connectivity index (χ4v) is 2.32. The summed E-state index contributed by atoms with van der Waals surface area (Å²) in [6.07, 6.45) is 6.85. The topological polar surface area (TPSA) is 72.7 Å². The molecule has 0 bridgehead atoms. The zero-order valence-corrected chi connectivity index (χ0v) is 12.9. The maximum absolute atomic E-state index is 12.1. The fourth-order valence-electron chi connectivity index (χ4n) is 2.13. The van der Waals surface area contributed by atoms with Crippen LogP contribution >= 0.6 is 11.6 Å². The van der Waals surface area contributed by atoms with Crippen LogP contribution < -0.4 is 5.32 Å². The van der Waals surface area contributed by atoms with Gasteiger partial charge in [0.25, 0.3) is 5.91 Å². The minimum Gasteiger partial charge on any atom is -0.350 e.